The van der Waals surface area contributed by atoms with Crippen LogP contribution in [0.4, 0.5) is 0 Å². The Labute approximate surface area is 217 Å². The van der Waals surface area contributed by atoms with Crippen molar-refractivity contribution in [2.45, 2.75) is 58.4 Å². The van der Waals surface area contributed by atoms with E-state index >= 15 is 0 Å². The monoisotopic (exact) mass is 480 g/mol. The Balaban J connectivity index is 1.12. The summed E-state index contributed by atoms with van der Waals surface area (Å²) >= 11 is 0. The molecule has 36 heavy (non-hydrogen) atoms. The fraction of sp³-hybridized carbons (Fsp3) is 0.424. The second-order valence-corrected chi connectivity index (χ2v) is 11.3. The fourth-order valence-corrected chi connectivity index (χ4v) is 6.29. The van der Waals surface area contributed by atoms with Crippen molar-refractivity contribution in [3.05, 3.63) is 95.1 Å². The van der Waals surface area contributed by atoms with Gasteiger partial charge in [0.1, 0.15) is 0 Å². The lowest BCUT2D eigenvalue weighted by molar-refractivity contribution is 0.0116. The highest BCUT2D eigenvalue weighted by Crippen LogP contribution is 2.34. The Morgan fingerprint density at radius 3 is 1.97 bits per heavy atom. The van der Waals surface area contributed by atoms with Gasteiger partial charge in [-0.3, -0.25) is 9.69 Å². The second-order valence-electron chi connectivity index (χ2n) is 11.3. The molecule has 0 aromatic heterocycles. The molecule has 2 fully saturated rings. The average Bonchev–Trinajstić information content (AvgIpc) is 2.90. The van der Waals surface area contributed by atoms with Gasteiger partial charge in [0, 0.05) is 24.2 Å². The summed E-state index contributed by atoms with van der Waals surface area (Å²) in [6, 6.07) is 25.9. The van der Waals surface area contributed by atoms with Crippen molar-refractivity contribution in [1.29, 1.82) is 0 Å². The summed E-state index contributed by atoms with van der Waals surface area (Å²) in [5.74, 6) is 0.975. The van der Waals surface area contributed by atoms with E-state index in [0.717, 1.165) is 48.5 Å². The predicted molar refractivity (Wildman–Crippen MR) is 149 cm³/mol. The number of carbonyl (C=O) groups is 1. The maximum atomic E-state index is 13.3. The zero-order valence-electron chi connectivity index (χ0n) is 22.2. The van der Waals surface area contributed by atoms with Crippen LogP contribution in [0.5, 0.6) is 0 Å². The van der Waals surface area contributed by atoms with Crippen LogP contribution in [-0.2, 0) is 6.42 Å². The molecule has 2 aliphatic heterocycles. The first kappa shape index (κ1) is 24.8. The zero-order chi connectivity index (χ0) is 25.1. The van der Waals surface area contributed by atoms with Gasteiger partial charge in [-0.15, -0.1) is 0 Å². The maximum Gasteiger partial charge on any atom is 0.254 e. The van der Waals surface area contributed by atoms with Gasteiger partial charge < -0.3 is 4.90 Å². The first-order valence-electron chi connectivity index (χ1n) is 13.7. The maximum absolute atomic E-state index is 13.3. The minimum Gasteiger partial charge on any atom is -0.338 e. The summed E-state index contributed by atoms with van der Waals surface area (Å²) in [6.07, 6.45) is 5.84. The molecule has 0 unspecified atom stereocenters. The molecule has 5 rings (SSSR count). The Bertz CT molecular complexity index is 1150. The SMILES string of the molecule is Cc1cccc(C)c1C(=O)N1CCC(C)(N2CCC(Cc3ccc(-c4ccccc4)cc3)CC2)CC1. The van der Waals surface area contributed by atoms with Crippen LogP contribution in [0.1, 0.15) is 59.7 Å². The van der Waals surface area contributed by atoms with Gasteiger partial charge >= 0.3 is 0 Å². The number of aryl methyl sites for hydroxylation is 2. The Morgan fingerprint density at radius 2 is 1.36 bits per heavy atom. The lowest BCUT2D eigenvalue weighted by atomic mass is 9.83. The summed E-state index contributed by atoms with van der Waals surface area (Å²) < 4.78 is 0. The Morgan fingerprint density at radius 1 is 0.778 bits per heavy atom. The third-order valence-corrected chi connectivity index (χ3v) is 8.79. The topological polar surface area (TPSA) is 23.6 Å². The van der Waals surface area contributed by atoms with Crippen LogP contribution in [-0.4, -0.2) is 47.4 Å². The molecule has 3 nitrogen and oxygen atoms in total. The minimum atomic E-state index is 0.208. The van der Waals surface area contributed by atoms with E-state index in [1.54, 1.807) is 0 Å². The van der Waals surface area contributed by atoms with Crippen molar-refractivity contribution in [3.8, 4) is 11.1 Å². The second kappa shape index (κ2) is 10.6. The van der Waals surface area contributed by atoms with E-state index in [0.29, 0.717) is 0 Å². The zero-order valence-corrected chi connectivity index (χ0v) is 22.2. The molecule has 2 saturated heterocycles. The Hall–Kier alpha value is -2.91. The lowest BCUT2D eigenvalue weighted by Crippen LogP contribution is -2.56. The third kappa shape index (κ3) is 5.27. The van der Waals surface area contributed by atoms with E-state index in [2.05, 4.69) is 97.3 Å². The van der Waals surface area contributed by atoms with E-state index in [4.69, 9.17) is 0 Å². The van der Waals surface area contributed by atoms with Gasteiger partial charge in [0.15, 0.2) is 0 Å². The smallest absolute Gasteiger partial charge is 0.254 e. The first-order valence-corrected chi connectivity index (χ1v) is 13.7. The normalized spacial score (nSPS) is 18.8. The van der Waals surface area contributed by atoms with E-state index in [-0.39, 0.29) is 11.4 Å². The van der Waals surface area contributed by atoms with Crippen LogP contribution in [0.3, 0.4) is 0 Å². The van der Waals surface area contributed by atoms with E-state index in [1.165, 1.54) is 49.0 Å². The molecule has 2 aliphatic rings. The summed E-state index contributed by atoms with van der Waals surface area (Å²) in [4.78, 5) is 18.1. The first-order chi connectivity index (χ1) is 17.4. The molecule has 3 heteroatoms. The van der Waals surface area contributed by atoms with Crippen molar-refractivity contribution in [1.82, 2.24) is 9.80 Å². The lowest BCUT2D eigenvalue weighted by Gasteiger charge is -2.49. The van der Waals surface area contributed by atoms with E-state index < -0.39 is 0 Å². The van der Waals surface area contributed by atoms with E-state index in [1.807, 2.05) is 6.07 Å². The highest BCUT2D eigenvalue weighted by atomic mass is 16.2. The molecule has 1 amide bonds. The number of likely N-dealkylation sites (tertiary alicyclic amines) is 2. The molecule has 3 aromatic carbocycles. The number of piperidine rings is 2. The molecule has 0 bridgehead atoms. The number of hydrogen-bond donors (Lipinski definition) is 0. The molecule has 3 aromatic rings. The molecule has 188 valence electrons. The number of rotatable bonds is 5. The van der Waals surface area contributed by atoms with Crippen LogP contribution >= 0.6 is 0 Å². The van der Waals surface area contributed by atoms with Crippen LogP contribution in [0.2, 0.25) is 0 Å². The highest BCUT2D eigenvalue weighted by molar-refractivity contribution is 5.97. The minimum absolute atomic E-state index is 0.208. The molecule has 0 atom stereocenters. The van der Waals surface area contributed by atoms with Gasteiger partial charge in [-0.2, -0.15) is 0 Å². The molecule has 0 radical (unpaired) electrons. The summed E-state index contributed by atoms with van der Waals surface area (Å²) in [5, 5.41) is 0. The number of nitrogens with zero attached hydrogens (tertiary/aromatic N) is 2. The molecule has 0 aliphatic carbocycles. The molecule has 0 spiro atoms. The predicted octanol–water partition coefficient (Wildman–Crippen LogP) is 6.92. The van der Waals surface area contributed by atoms with Gasteiger partial charge in [0.05, 0.1) is 0 Å². The molecule has 0 N–H and O–H groups in total. The summed E-state index contributed by atoms with van der Waals surface area (Å²) in [6.45, 7) is 10.6. The summed E-state index contributed by atoms with van der Waals surface area (Å²) in [7, 11) is 0. The molecular formula is C33H40N2O. The van der Waals surface area contributed by atoms with E-state index in [9.17, 15) is 4.79 Å². The van der Waals surface area contributed by atoms with Crippen molar-refractivity contribution in [2.24, 2.45) is 5.92 Å². The van der Waals surface area contributed by atoms with Crippen LogP contribution in [0.15, 0.2) is 72.8 Å². The summed E-state index contributed by atoms with van der Waals surface area (Å²) in [5.41, 5.74) is 7.32. The average molecular weight is 481 g/mol. The van der Waals surface area contributed by atoms with Crippen LogP contribution < -0.4 is 0 Å². The standard InChI is InChI=1S/C33H40N2O/c1-25-8-7-9-26(2)31(25)32(36)34-22-18-33(3,19-23-34)35-20-16-28(17-21-35)24-27-12-14-30(15-13-27)29-10-5-4-6-11-29/h4-15,28H,16-24H2,1-3H3. The van der Waals surface area contributed by atoms with Crippen molar-refractivity contribution < 1.29 is 4.79 Å². The third-order valence-electron chi connectivity index (χ3n) is 8.79. The number of carbonyl (C=O) groups excluding carboxylic acids is 1. The van der Waals surface area contributed by atoms with Gasteiger partial charge in [0.2, 0.25) is 0 Å². The van der Waals surface area contributed by atoms with Crippen molar-refractivity contribution in [3.63, 3.8) is 0 Å². The van der Waals surface area contributed by atoms with Crippen molar-refractivity contribution >= 4 is 5.91 Å². The number of benzene rings is 3. The van der Waals surface area contributed by atoms with Crippen LogP contribution in [0, 0.1) is 19.8 Å². The van der Waals surface area contributed by atoms with Crippen LogP contribution in [0.25, 0.3) is 11.1 Å². The highest BCUT2D eigenvalue weighted by Gasteiger charge is 2.38. The molecule has 0 saturated carbocycles. The van der Waals surface area contributed by atoms with Gasteiger partial charge in [-0.25, -0.2) is 0 Å². The Kier molecular flexibility index (Phi) is 7.29. The fourth-order valence-electron chi connectivity index (χ4n) is 6.29. The quantitative estimate of drug-likeness (QED) is 0.396. The van der Waals surface area contributed by atoms with Gasteiger partial charge in [0.25, 0.3) is 5.91 Å². The number of hydrogen-bond acceptors (Lipinski definition) is 2. The van der Waals surface area contributed by atoms with Gasteiger partial charge in [-0.05, 0) is 99.7 Å². The van der Waals surface area contributed by atoms with Crippen molar-refractivity contribution in [2.75, 3.05) is 26.2 Å². The largest absolute Gasteiger partial charge is 0.338 e. The number of amides is 1. The molecular weight excluding hydrogens is 440 g/mol. The van der Waals surface area contributed by atoms with Gasteiger partial charge in [-0.1, -0.05) is 72.8 Å². The molecule has 2 heterocycles.